The molecule has 0 saturated heterocycles. The number of aryl methyl sites for hydroxylation is 1. The monoisotopic (exact) mass is 530 g/mol. The van der Waals surface area contributed by atoms with E-state index in [2.05, 4.69) is 5.32 Å². The van der Waals surface area contributed by atoms with Crippen molar-refractivity contribution in [1.82, 2.24) is 5.32 Å². The van der Waals surface area contributed by atoms with Crippen molar-refractivity contribution < 1.29 is 22.7 Å². The number of carbonyl (C=O) groups excluding carboxylic acids is 2. The fraction of sp³-hybridized carbons (Fsp3) is 0.240. The van der Waals surface area contributed by atoms with Gasteiger partial charge in [-0.05, 0) is 74.9 Å². The van der Waals surface area contributed by atoms with Crippen LogP contribution in [0.3, 0.4) is 0 Å². The van der Waals surface area contributed by atoms with Gasteiger partial charge >= 0.3 is 6.09 Å². The van der Waals surface area contributed by atoms with Gasteiger partial charge in [0.25, 0.3) is 0 Å². The zero-order valence-corrected chi connectivity index (χ0v) is 22.4. The van der Waals surface area contributed by atoms with Crippen molar-refractivity contribution in [1.29, 1.82) is 5.41 Å². The lowest BCUT2D eigenvalue weighted by atomic mass is 9.98. The first-order chi connectivity index (χ1) is 16.4. The Balaban J connectivity index is 1.98. The number of thiophene rings is 1. The van der Waals surface area contributed by atoms with Gasteiger partial charge in [-0.2, -0.15) is 0 Å². The molecule has 0 fully saturated rings. The van der Waals surface area contributed by atoms with Crippen LogP contribution in [-0.4, -0.2) is 38.5 Å². The fourth-order valence-corrected chi connectivity index (χ4v) is 7.21. The Hall–Kier alpha value is -2.95. The Bertz CT molecular complexity index is 1400. The first-order valence-electron chi connectivity index (χ1n) is 10.5. The van der Waals surface area contributed by atoms with E-state index >= 15 is 0 Å². The van der Waals surface area contributed by atoms with Crippen molar-refractivity contribution in [3.63, 3.8) is 0 Å². The van der Waals surface area contributed by atoms with Crippen molar-refractivity contribution in [2.45, 2.75) is 47.3 Å². The maximum Gasteiger partial charge on any atom is 0.413 e. The van der Waals surface area contributed by atoms with Gasteiger partial charge in [0, 0.05) is 5.56 Å². The molecule has 0 aliphatic heterocycles. The first kappa shape index (κ1) is 26.7. The van der Waals surface area contributed by atoms with E-state index in [1.54, 1.807) is 57.4 Å². The molecule has 1 heterocycles. The molecule has 10 heteroatoms. The van der Waals surface area contributed by atoms with Crippen LogP contribution in [0, 0.1) is 12.3 Å². The lowest BCUT2D eigenvalue weighted by molar-refractivity contribution is 0.0563. The number of benzene rings is 2. The van der Waals surface area contributed by atoms with Crippen molar-refractivity contribution in [3.05, 3.63) is 64.5 Å². The molecule has 2 N–H and O–H groups in total. The molecule has 1 aromatic heterocycles. The van der Waals surface area contributed by atoms with Crippen LogP contribution in [0.15, 0.2) is 62.5 Å². The van der Waals surface area contributed by atoms with Crippen molar-refractivity contribution >= 4 is 51.2 Å². The minimum Gasteiger partial charge on any atom is -0.444 e. The maximum absolute atomic E-state index is 13.6. The normalized spacial score (nSPS) is 11.7. The molecule has 0 radical (unpaired) electrons. The van der Waals surface area contributed by atoms with Gasteiger partial charge in [-0.3, -0.25) is 15.5 Å². The van der Waals surface area contributed by atoms with Gasteiger partial charge in [0.15, 0.2) is 0 Å². The molecule has 0 aliphatic carbocycles. The van der Waals surface area contributed by atoms with E-state index in [9.17, 15) is 18.0 Å². The van der Waals surface area contributed by atoms with Crippen molar-refractivity contribution in [2.75, 3.05) is 6.26 Å². The molecule has 0 unspecified atom stereocenters. The largest absolute Gasteiger partial charge is 0.444 e. The Morgan fingerprint density at radius 2 is 1.86 bits per heavy atom. The van der Waals surface area contributed by atoms with Gasteiger partial charge in [-0.25, -0.2) is 13.2 Å². The fourth-order valence-electron chi connectivity index (χ4n) is 3.26. The SMILES string of the molecule is CSc1sc(C(=N)NC(=O)OC(C)(C)C)cc1S(=O)(=O)c1cccc(-c2cc(C=O)ccc2C)c1. The molecule has 0 spiro atoms. The van der Waals surface area contributed by atoms with Crippen LogP contribution in [0.2, 0.25) is 0 Å². The average Bonchev–Trinajstić information content (AvgIpc) is 3.24. The highest BCUT2D eigenvalue weighted by Gasteiger charge is 2.27. The minimum atomic E-state index is -3.93. The number of nitrogens with one attached hydrogen (secondary N) is 2. The number of amides is 1. The second kappa shape index (κ2) is 10.3. The predicted molar refractivity (Wildman–Crippen MR) is 140 cm³/mol. The highest BCUT2D eigenvalue weighted by molar-refractivity contribution is 8.01. The second-order valence-electron chi connectivity index (χ2n) is 8.69. The predicted octanol–water partition coefficient (Wildman–Crippen LogP) is 5.94. The van der Waals surface area contributed by atoms with E-state index in [0.717, 1.165) is 28.7 Å². The molecule has 2 aromatic carbocycles. The van der Waals surface area contributed by atoms with E-state index in [-0.39, 0.29) is 15.6 Å². The number of hydrogen-bond donors (Lipinski definition) is 2. The molecule has 35 heavy (non-hydrogen) atoms. The van der Waals surface area contributed by atoms with Gasteiger partial charge in [0.05, 0.1) is 18.9 Å². The number of aldehydes is 1. The molecular formula is C25H26N2O5S3. The van der Waals surface area contributed by atoms with Crippen LogP contribution in [0.5, 0.6) is 0 Å². The Morgan fingerprint density at radius 3 is 2.49 bits per heavy atom. The van der Waals surface area contributed by atoms with E-state index < -0.39 is 21.5 Å². The Labute approximate surface area is 213 Å². The molecule has 184 valence electrons. The van der Waals surface area contributed by atoms with Crippen LogP contribution >= 0.6 is 23.1 Å². The zero-order chi connectivity index (χ0) is 26.0. The molecular weight excluding hydrogens is 504 g/mol. The molecule has 0 aliphatic rings. The first-order valence-corrected chi connectivity index (χ1v) is 14.1. The summed E-state index contributed by atoms with van der Waals surface area (Å²) in [6, 6.07) is 13.2. The van der Waals surface area contributed by atoms with Crippen LogP contribution in [0.4, 0.5) is 4.79 Å². The number of carbonyl (C=O) groups is 2. The quantitative estimate of drug-likeness (QED) is 0.176. The zero-order valence-electron chi connectivity index (χ0n) is 20.0. The minimum absolute atomic E-state index is 0.0660. The summed E-state index contributed by atoms with van der Waals surface area (Å²) < 4.78 is 32.9. The number of thioether (sulfide) groups is 1. The number of amidine groups is 1. The second-order valence-corrected chi connectivity index (χ2v) is 12.7. The Kier molecular flexibility index (Phi) is 7.88. The highest BCUT2D eigenvalue weighted by Crippen LogP contribution is 2.38. The van der Waals surface area contributed by atoms with Gasteiger partial charge in [-0.1, -0.05) is 24.3 Å². The molecule has 1 amide bonds. The van der Waals surface area contributed by atoms with E-state index in [1.165, 1.54) is 23.9 Å². The summed E-state index contributed by atoms with van der Waals surface area (Å²) in [4.78, 5) is 23.7. The topological polar surface area (TPSA) is 113 Å². The lowest BCUT2D eigenvalue weighted by Gasteiger charge is -2.19. The van der Waals surface area contributed by atoms with Crippen LogP contribution in [-0.2, 0) is 14.6 Å². The number of rotatable bonds is 6. The maximum atomic E-state index is 13.6. The summed E-state index contributed by atoms with van der Waals surface area (Å²) in [5.41, 5.74) is 2.13. The van der Waals surface area contributed by atoms with E-state index in [4.69, 9.17) is 10.1 Å². The van der Waals surface area contributed by atoms with Gasteiger partial charge < -0.3 is 4.74 Å². The Morgan fingerprint density at radius 1 is 1.14 bits per heavy atom. The standard InChI is InChI=1S/C25H26N2O5S3/c1-15-9-10-16(14-28)11-19(15)17-7-6-8-18(12-17)35(30,31)21-13-20(34-23(21)33-5)22(26)27-24(29)32-25(2,3)4/h6-14H,1-5H3,(H2,26,27,29). The molecule has 3 aromatic rings. The van der Waals surface area contributed by atoms with E-state index in [0.29, 0.717) is 20.2 Å². The summed E-state index contributed by atoms with van der Waals surface area (Å²) in [5, 5.41) is 10.6. The van der Waals surface area contributed by atoms with Gasteiger partial charge in [0.2, 0.25) is 9.84 Å². The van der Waals surface area contributed by atoms with E-state index in [1.807, 2.05) is 13.0 Å². The van der Waals surface area contributed by atoms with Crippen molar-refractivity contribution in [2.24, 2.45) is 0 Å². The van der Waals surface area contributed by atoms with Gasteiger partial charge in [0.1, 0.15) is 17.7 Å². The molecule has 0 atom stereocenters. The molecule has 0 saturated carbocycles. The molecule has 7 nitrogen and oxygen atoms in total. The number of hydrogen-bond acceptors (Lipinski definition) is 8. The summed E-state index contributed by atoms with van der Waals surface area (Å²) in [6.45, 7) is 7.03. The summed E-state index contributed by atoms with van der Waals surface area (Å²) >= 11 is 2.36. The smallest absolute Gasteiger partial charge is 0.413 e. The number of alkyl carbamates (subject to hydrolysis) is 1. The third kappa shape index (κ3) is 6.19. The number of ether oxygens (including phenoxy) is 1. The summed E-state index contributed by atoms with van der Waals surface area (Å²) in [6.07, 6.45) is 1.72. The lowest BCUT2D eigenvalue weighted by Crippen LogP contribution is -2.36. The number of sulfone groups is 1. The highest BCUT2D eigenvalue weighted by atomic mass is 32.2. The van der Waals surface area contributed by atoms with Crippen LogP contribution < -0.4 is 5.32 Å². The van der Waals surface area contributed by atoms with Gasteiger partial charge in [-0.15, -0.1) is 23.1 Å². The average molecular weight is 531 g/mol. The van der Waals surface area contributed by atoms with Crippen LogP contribution in [0.25, 0.3) is 11.1 Å². The molecule has 3 rings (SSSR count). The van der Waals surface area contributed by atoms with Crippen molar-refractivity contribution in [3.8, 4) is 11.1 Å². The third-order valence-corrected chi connectivity index (χ3v) is 9.19. The summed E-state index contributed by atoms with van der Waals surface area (Å²) in [5.74, 6) is -0.240. The summed E-state index contributed by atoms with van der Waals surface area (Å²) in [7, 11) is -3.93. The van der Waals surface area contributed by atoms with Crippen LogP contribution in [0.1, 0.15) is 41.6 Å². The molecule has 0 bridgehead atoms. The third-order valence-electron chi connectivity index (χ3n) is 4.87.